The second-order valence-corrected chi connectivity index (χ2v) is 3.59. The van der Waals surface area contributed by atoms with Gasteiger partial charge in [0.15, 0.2) is 11.5 Å². The summed E-state index contributed by atoms with van der Waals surface area (Å²) in [6, 6.07) is 5.24. The van der Waals surface area contributed by atoms with Gasteiger partial charge in [0, 0.05) is 12.5 Å². The molecule has 0 radical (unpaired) electrons. The van der Waals surface area contributed by atoms with Crippen LogP contribution in [-0.2, 0) is 0 Å². The molecule has 0 amide bonds. The molecule has 0 bridgehead atoms. The molecule has 5 nitrogen and oxygen atoms in total. The highest BCUT2D eigenvalue weighted by molar-refractivity contribution is 5.57. The fourth-order valence-corrected chi connectivity index (χ4v) is 1.53. The van der Waals surface area contributed by atoms with E-state index >= 15 is 0 Å². The van der Waals surface area contributed by atoms with Gasteiger partial charge >= 0.3 is 0 Å². The molecule has 1 aromatic rings. The maximum absolute atomic E-state index is 10.7. The zero-order valence-electron chi connectivity index (χ0n) is 10.8. The summed E-state index contributed by atoms with van der Waals surface area (Å²) < 4.78 is 10.6. The van der Waals surface area contributed by atoms with E-state index in [2.05, 4.69) is 0 Å². The number of ether oxygens (including phenoxy) is 2. The third-order valence-corrected chi connectivity index (χ3v) is 2.42. The van der Waals surface area contributed by atoms with E-state index in [1.54, 1.807) is 38.3 Å². The van der Waals surface area contributed by atoms with Crippen molar-refractivity contribution in [1.29, 1.82) is 0 Å². The summed E-state index contributed by atoms with van der Waals surface area (Å²) in [6.45, 7) is 4.14. The van der Waals surface area contributed by atoms with Gasteiger partial charge in [-0.3, -0.25) is 10.1 Å². The van der Waals surface area contributed by atoms with Crippen molar-refractivity contribution < 1.29 is 14.4 Å². The molecule has 0 atom stereocenters. The second-order valence-electron chi connectivity index (χ2n) is 3.59. The molecule has 0 aromatic heterocycles. The zero-order valence-corrected chi connectivity index (χ0v) is 10.8. The van der Waals surface area contributed by atoms with Crippen LogP contribution >= 0.6 is 0 Å². The average Bonchev–Trinajstić information content (AvgIpc) is 2.36. The van der Waals surface area contributed by atoms with Gasteiger partial charge in [-0.05, 0) is 24.6 Å². The van der Waals surface area contributed by atoms with Gasteiger partial charge in [-0.2, -0.15) is 0 Å². The fourth-order valence-electron chi connectivity index (χ4n) is 1.53. The van der Waals surface area contributed by atoms with Gasteiger partial charge in [0.1, 0.15) is 0 Å². The van der Waals surface area contributed by atoms with E-state index in [-0.39, 0.29) is 10.6 Å². The molecule has 0 heterocycles. The van der Waals surface area contributed by atoms with Crippen LogP contribution in [0.4, 0.5) is 0 Å². The predicted molar refractivity (Wildman–Crippen MR) is 69.4 cm³/mol. The molecular weight excluding hydrogens is 234 g/mol. The monoisotopic (exact) mass is 251 g/mol. The molecule has 98 valence electrons. The quantitative estimate of drug-likeness (QED) is 0.575. The first-order chi connectivity index (χ1) is 8.62. The van der Waals surface area contributed by atoms with Crippen molar-refractivity contribution in [2.75, 3.05) is 13.7 Å². The number of allylic oxidation sites excluding steroid dienone is 1. The van der Waals surface area contributed by atoms with E-state index in [4.69, 9.17) is 9.47 Å². The van der Waals surface area contributed by atoms with Gasteiger partial charge in [0.05, 0.1) is 18.6 Å². The van der Waals surface area contributed by atoms with E-state index < -0.39 is 0 Å². The number of benzene rings is 1. The Bertz CT molecular complexity index is 454. The third-order valence-electron chi connectivity index (χ3n) is 2.42. The van der Waals surface area contributed by atoms with Crippen LogP contribution in [-0.4, -0.2) is 18.6 Å². The Balaban J connectivity index is 3.11. The number of nitrogens with zero attached hydrogens (tertiary/aromatic N) is 1. The van der Waals surface area contributed by atoms with Crippen LogP contribution in [0.5, 0.6) is 11.5 Å². The van der Waals surface area contributed by atoms with Crippen LogP contribution in [0, 0.1) is 10.1 Å². The summed E-state index contributed by atoms with van der Waals surface area (Å²) in [5.41, 5.74) is 0.899. The lowest BCUT2D eigenvalue weighted by atomic mass is 10.1. The van der Waals surface area contributed by atoms with Crippen molar-refractivity contribution in [2.45, 2.75) is 20.3 Å². The van der Waals surface area contributed by atoms with Gasteiger partial charge in [-0.1, -0.05) is 13.0 Å². The molecule has 0 aliphatic carbocycles. The highest BCUT2D eigenvalue weighted by atomic mass is 16.6. The zero-order chi connectivity index (χ0) is 13.5. The molecule has 0 aliphatic heterocycles. The molecule has 0 saturated heterocycles. The summed E-state index contributed by atoms with van der Waals surface area (Å²) in [4.78, 5) is 10.4. The van der Waals surface area contributed by atoms with Crippen LogP contribution in [0.3, 0.4) is 0 Å². The normalized spacial score (nSPS) is 11.2. The molecule has 5 heteroatoms. The molecular formula is C13H17NO4. The van der Waals surface area contributed by atoms with Crippen molar-refractivity contribution in [3.63, 3.8) is 0 Å². The first-order valence-electron chi connectivity index (χ1n) is 5.78. The Hall–Kier alpha value is -2.04. The lowest BCUT2D eigenvalue weighted by Crippen LogP contribution is -1.98. The van der Waals surface area contributed by atoms with Gasteiger partial charge in [0.25, 0.3) is 0 Å². The Morgan fingerprint density at radius 1 is 1.39 bits per heavy atom. The smallest absolute Gasteiger partial charge is 0.246 e. The first-order valence-corrected chi connectivity index (χ1v) is 5.78. The van der Waals surface area contributed by atoms with Crippen molar-refractivity contribution >= 4 is 6.08 Å². The van der Waals surface area contributed by atoms with E-state index in [1.807, 2.05) is 6.92 Å². The van der Waals surface area contributed by atoms with Crippen molar-refractivity contribution in [3.8, 4) is 11.5 Å². The highest BCUT2D eigenvalue weighted by Gasteiger charge is 2.09. The molecule has 0 unspecified atom stereocenters. The van der Waals surface area contributed by atoms with Crippen molar-refractivity contribution in [2.24, 2.45) is 0 Å². The third kappa shape index (κ3) is 3.48. The molecule has 0 aliphatic rings. The maximum Gasteiger partial charge on any atom is 0.246 e. The lowest BCUT2D eigenvalue weighted by Gasteiger charge is -2.09. The van der Waals surface area contributed by atoms with Crippen molar-refractivity contribution in [3.05, 3.63) is 39.6 Å². The molecule has 18 heavy (non-hydrogen) atoms. The first kappa shape index (κ1) is 14.0. The molecule has 0 fully saturated rings. The number of rotatable bonds is 6. The summed E-state index contributed by atoms with van der Waals surface area (Å²) in [5, 5.41) is 10.7. The number of nitro groups is 1. The molecule has 1 aromatic carbocycles. The van der Waals surface area contributed by atoms with Gasteiger partial charge in [-0.15, -0.1) is 0 Å². The van der Waals surface area contributed by atoms with Gasteiger partial charge < -0.3 is 9.47 Å². The Morgan fingerprint density at radius 3 is 2.61 bits per heavy atom. The van der Waals surface area contributed by atoms with Crippen LogP contribution in [0.1, 0.15) is 25.8 Å². The fraction of sp³-hybridized carbons (Fsp3) is 0.385. The van der Waals surface area contributed by atoms with E-state index in [1.165, 1.54) is 0 Å². The highest BCUT2D eigenvalue weighted by Crippen LogP contribution is 2.29. The largest absolute Gasteiger partial charge is 0.493 e. The van der Waals surface area contributed by atoms with Gasteiger partial charge in [0.2, 0.25) is 5.70 Å². The minimum atomic E-state index is -0.370. The summed E-state index contributed by atoms with van der Waals surface area (Å²) in [7, 11) is 1.56. The van der Waals surface area contributed by atoms with Crippen LogP contribution in [0.15, 0.2) is 23.9 Å². The molecule has 0 spiro atoms. The predicted octanol–water partition coefficient (Wildman–Crippen LogP) is 3.12. The SMILES string of the molecule is CCOc1cc(/C=C(/CC)[N+](=O)[O-])ccc1OC. The number of hydrogen-bond donors (Lipinski definition) is 0. The molecule has 0 N–H and O–H groups in total. The van der Waals surface area contributed by atoms with Gasteiger partial charge in [-0.25, -0.2) is 0 Å². The molecule has 0 saturated carbocycles. The molecule has 1 rings (SSSR count). The van der Waals surface area contributed by atoms with Crippen LogP contribution < -0.4 is 9.47 Å². The summed E-state index contributed by atoms with van der Waals surface area (Å²) in [5.74, 6) is 1.21. The Morgan fingerprint density at radius 2 is 2.11 bits per heavy atom. The topological polar surface area (TPSA) is 61.6 Å². The summed E-state index contributed by atoms with van der Waals surface area (Å²) >= 11 is 0. The maximum atomic E-state index is 10.7. The average molecular weight is 251 g/mol. The standard InChI is InChI=1S/C13H17NO4/c1-4-11(14(15)16)8-10-6-7-12(17-3)13(9-10)18-5-2/h6-9H,4-5H2,1-3H3/b11-8-. The minimum absolute atomic E-state index is 0.169. The lowest BCUT2D eigenvalue weighted by molar-refractivity contribution is -0.425. The van der Waals surface area contributed by atoms with E-state index in [0.29, 0.717) is 24.5 Å². The van der Waals surface area contributed by atoms with Crippen molar-refractivity contribution in [1.82, 2.24) is 0 Å². The van der Waals surface area contributed by atoms with Crippen LogP contribution in [0.2, 0.25) is 0 Å². The van der Waals surface area contributed by atoms with E-state index in [9.17, 15) is 10.1 Å². The van der Waals surface area contributed by atoms with E-state index in [0.717, 1.165) is 5.56 Å². The second kappa shape index (κ2) is 6.64. The summed E-state index contributed by atoms with van der Waals surface area (Å²) in [6.07, 6.45) is 1.92. The van der Waals surface area contributed by atoms with Crippen LogP contribution in [0.25, 0.3) is 6.08 Å². The Labute approximate surface area is 106 Å². The Kier molecular flexibility index (Phi) is 5.17. The minimum Gasteiger partial charge on any atom is -0.493 e. The number of methoxy groups -OCH3 is 1. The number of hydrogen-bond acceptors (Lipinski definition) is 4.